The third kappa shape index (κ3) is 3.66. The third-order valence-electron chi connectivity index (χ3n) is 3.77. The molecule has 26 heavy (non-hydrogen) atoms. The first-order chi connectivity index (χ1) is 12.5. The molecule has 0 bridgehead atoms. The first-order valence-electron chi connectivity index (χ1n) is 7.85. The number of nitrogens with zero attached hydrogens (tertiary/aromatic N) is 5. The van der Waals surface area contributed by atoms with Crippen LogP contribution in [0.3, 0.4) is 0 Å². The Morgan fingerprint density at radius 2 is 2.00 bits per heavy atom. The molecule has 1 N–H and O–H groups in total. The van der Waals surface area contributed by atoms with Crippen LogP contribution in [0.4, 0.5) is 0 Å². The van der Waals surface area contributed by atoms with Crippen molar-refractivity contribution in [1.29, 1.82) is 0 Å². The van der Waals surface area contributed by atoms with Gasteiger partial charge in [-0.1, -0.05) is 6.07 Å². The van der Waals surface area contributed by atoms with Crippen LogP contribution < -0.4 is 9.47 Å². The van der Waals surface area contributed by atoms with E-state index in [1.54, 1.807) is 38.3 Å². The summed E-state index contributed by atoms with van der Waals surface area (Å²) in [6, 6.07) is 5.55. The number of methoxy groups -OCH3 is 2. The second-order valence-electron chi connectivity index (χ2n) is 5.67. The van der Waals surface area contributed by atoms with Crippen LogP contribution in [0.15, 0.2) is 30.6 Å². The Bertz CT molecular complexity index is 931. The number of hydrogen-bond donors (Lipinski definition) is 1. The molecule has 0 fully saturated rings. The molecule has 2 heterocycles. The van der Waals surface area contributed by atoms with E-state index in [2.05, 4.69) is 15.2 Å². The Morgan fingerprint density at radius 3 is 2.62 bits per heavy atom. The molecule has 1 aromatic carbocycles. The molecule has 0 amide bonds. The van der Waals surface area contributed by atoms with Gasteiger partial charge in [-0.3, -0.25) is 9.48 Å². The number of aryl methyl sites for hydroxylation is 1. The minimum absolute atomic E-state index is 0.275. The maximum atomic E-state index is 11.1. The molecule has 0 saturated heterocycles. The van der Waals surface area contributed by atoms with E-state index in [9.17, 15) is 4.79 Å². The molecule has 136 valence electrons. The number of carboxylic acids is 1. The number of ether oxygens (including phenoxy) is 2. The van der Waals surface area contributed by atoms with Crippen LogP contribution >= 0.6 is 0 Å². The zero-order valence-corrected chi connectivity index (χ0v) is 14.7. The van der Waals surface area contributed by atoms with Crippen molar-refractivity contribution in [2.45, 2.75) is 13.0 Å². The fourth-order valence-electron chi connectivity index (χ4n) is 2.63. The van der Waals surface area contributed by atoms with E-state index in [4.69, 9.17) is 14.6 Å². The van der Waals surface area contributed by atoms with Crippen molar-refractivity contribution in [2.24, 2.45) is 7.05 Å². The molecule has 2 aromatic heterocycles. The van der Waals surface area contributed by atoms with Crippen LogP contribution in [0.5, 0.6) is 11.5 Å². The van der Waals surface area contributed by atoms with E-state index in [0.29, 0.717) is 35.1 Å². The summed E-state index contributed by atoms with van der Waals surface area (Å²) >= 11 is 0. The number of aromatic nitrogens is 5. The minimum Gasteiger partial charge on any atom is -0.493 e. The molecular weight excluding hydrogens is 338 g/mol. The highest BCUT2D eigenvalue weighted by atomic mass is 16.5. The molecule has 9 heteroatoms. The molecule has 0 aliphatic rings. The maximum absolute atomic E-state index is 11.1. The zero-order chi connectivity index (χ0) is 18.7. The van der Waals surface area contributed by atoms with Crippen LogP contribution in [-0.2, 0) is 24.8 Å². The summed E-state index contributed by atoms with van der Waals surface area (Å²) in [5.74, 6) is 1.24. The van der Waals surface area contributed by atoms with Crippen LogP contribution in [-0.4, -0.2) is 49.8 Å². The Labute approximate surface area is 149 Å². The summed E-state index contributed by atoms with van der Waals surface area (Å²) in [5, 5.41) is 17.6. The summed E-state index contributed by atoms with van der Waals surface area (Å²) in [7, 11) is 4.93. The van der Waals surface area contributed by atoms with Gasteiger partial charge >= 0.3 is 5.97 Å². The van der Waals surface area contributed by atoms with Gasteiger partial charge in [-0.2, -0.15) is 10.2 Å². The van der Waals surface area contributed by atoms with Crippen molar-refractivity contribution in [3.63, 3.8) is 0 Å². The molecule has 0 aliphatic carbocycles. The molecule has 0 atom stereocenters. The van der Waals surface area contributed by atoms with Crippen LogP contribution in [0.2, 0.25) is 0 Å². The van der Waals surface area contributed by atoms with E-state index in [1.807, 2.05) is 18.2 Å². The normalized spacial score (nSPS) is 10.7. The highest BCUT2D eigenvalue weighted by Crippen LogP contribution is 2.28. The number of aliphatic carboxylic acids is 1. The van der Waals surface area contributed by atoms with E-state index in [0.717, 1.165) is 5.56 Å². The maximum Gasteiger partial charge on any atom is 0.325 e. The van der Waals surface area contributed by atoms with Crippen molar-refractivity contribution in [1.82, 2.24) is 24.5 Å². The average molecular weight is 357 g/mol. The number of benzene rings is 1. The van der Waals surface area contributed by atoms with Crippen LogP contribution in [0, 0.1) is 0 Å². The van der Waals surface area contributed by atoms with Crippen molar-refractivity contribution >= 4 is 5.97 Å². The molecule has 3 aromatic rings. The lowest BCUT2D eigenvalue weighted by molar-refractivity contribution is -0.137. The second kappa shape index (κ2) is 7.26. The first kappa shape index (κ1) is 17.5. The Balaban J connectivity index is 1.93. The van der Waals surface area contributed by atoms with Gasteiger partial charge in [0.25, 0.3) is 0 Å². The Kier molecular flexibility index (Phi) is 4.87. The molecule has 0 radical (unpaired) electrons. The zero-order valence-electron chi connectivity index (χ0n) is 14.7. The number of hydrogen-bond acceptors (Lipinski definition) is 6. The Hall–Kier alpha value is -3.36. The lowest BCUT2D eigenvalue weighted by Gasteiger charge is -2.08. The summed E-state index contributed by atoms with van der Waals surface area (Å²) in [4.78, 5) is 15.6. The number of rotatable bonds is 7. The van der Waals surface area contributed by atoms with Gasteiger partial charge in [0.2, 0.25) is 0 Å². The Morgan fingerprint density at radius 1 is 1.23 bits per heavy atom. The van der Waals surface area contributed by atoms with Crippen molar-refractivity contribution in [2.75, 3.05) is 14.2 Å². The third-order valence-corrected chi connectivity index (χ3v) is 3.77. The quantitative estimate of drug-likeness (QED) is 0.681. The van der Waals surface area contributed by atoms with Gasteiger partial charge in [0.05, 0.1) is 26.0 Å². The van der Waals surface area contributed by atoms with Gasteiger partial charge in [-0.25, -0.2) is 9.67 Å². The molecule has 0 aliphatic heterocycles. The van der Waals surface area contributed by atoms with Gasteiger partial charge in [-0.05, 0) is 17.7 Å². The second-order valence-corrected chi connectivity index (χ2v) is 5.67. The molecule has 0 unspecified atom stereocenters. The number of carboxylic acid groups (broad SMARTS) is 1. The predicted octanol–water partition coefficient (Wildman–Crippen LogP) is 1.37. The van der Waals surface area contributed by atoms with Crippen LogP contribution in [0.25, 0.3) is 11.4 Å². The summed E-state index contributed by atoms with van der Waals surface area (Å²) in [6.45, 7) is -0.275. The minimum atomic E-state index is -0.988. The van der Waals surface area contributed by atoms with E-state index in [-0.39, 0.29) is 6.54 Å². The number of carbonyl (C=O) groups is 1. The van der Waals surface area contributed by atoms with E-state index in [1.165, 1.54) is 4.68 Å². The van der Waals surface area contributed by atoms with E-state index >= 15 is 0 Å². The van der Waals surface area contributed by atoms with Gasteiger partial charge in [0.15, 0.2) is 23.1 Å². The predicted molar refractivity (Wildman–Crippen MR) is 92.2 cm³/mol. The summed E-state index contributed by atoms with van der Waals surface area (Å²) in [5.41, 5.74) is 1.63. The van der Waals surface area contributed by atoms with Gasteiger partial charge in [0, 0.05) is 19.7 Å². The summed E-state index contributed by atoms with van der Waals surface area (Å²) < 4.78 is 13.5. The van der Waals surface area contributed by atoms with Gasteiger partial charge in [-0.15, -0.1) is 0 Å². The lowest BCUT2D eigenvalue weighted by atomic mass is 10.1. The standard InChI is InChI=1S/C17H19N5O4/c1-21-9-12(8-18-21)17-19-15(20-22(17)10-16(23)24)7-11-4-5-13(25-2)14(6-11)26-3/h4-6,8-9H,7,10H2,1-3H3,(H,23,24). The molecule has 3 rings (SSSR count). The molecule has 9 nitrogen and oxygen atoms in total. The molecular formula is C17H19N5O4. The van der Waals surface area contributed by atoms with Crippen molar-refractivity contribution < 1.29 is 19.4 Å². The SMILES string of the molecule is COc1ccc(Cc2nc(-c3cnn(C)c3)n(CC(=O)O)n2)cc1OC. The molecule has 0 spiro atoms. The summed E-state index contributed by atoms with van der Waals surface area (Å²) in [6.07, 6.45) is 3.82. The van der Waals surface area contributed by atoms with Gasteiger partial charge < -0.3 is 14.6 Å². The first-order valence-corrected chi connectivity index (χ1v) is 7.85. The van der Waals surface area contributed by atoms with E-state index < -0.39 is 5.97 Å². The fourth-order valence-corrected chi connectivity index (χ4v) is 2.63. The highest BCUT2D eigenvalue weighted by Gasteiger charge is 2.16. The smallest absolute Gasteiger partial charge is 0.325 e. The molecule has 0 saturated carbocycles. The lowest BCUT2D eigenvalue weighted by Crippen LogP contribution is -2.11. The fraction of sp³-hybridized carbons (Fsp3) is 0.294. The van der Waals surface area contributed by atoms with Crippen molar-refractivity contribution in [3.05, 3.63) is 42.0 Å². The monoisotopic (exact) mass is 357 g/mol. The average Bonchev–Trinajstić information content (AvgIpc) is 3.20. The van der Waals surface area contributed by atoms with Crippen molar-refractivity contribution in [3.8, 4) is 22.9 Å². The van der Waals surface area contributed by atoms with Crippen LogP contribution in [0.1, 0.15) is 11.4 Å². The highest BCUT2D eigenvalue weighted by molar-refractivity contribution is 5.67. The van der Waals surface area contributed by atoms with Gasteiger partial charge in [0.1, 0.15) is 6.54 Å². The largest absolute Gasteiger partial charge is 0.493 e. The topological polar surface area (TPSA) is 104 Å².